The highest BCUT2D eigenvalue weighted by Gasteiger charge is 2.31. The second-order valence-corrected chi connectivity index (χ2v) is 10.8. The van der Waals surface area contributed by atoms with E-state index in [4.69, 9.17) is 16.2 Å². The first-order valence-electron chi connectivity index (χ1n) is 14.1. The Morgan fingerprint density at radius 2 is 1.56 bits per heavy atom. The zero-order valence-corrected chi connectivity index (χ0v) is 24.9. The van der Waals surface area contributed by atoms with Crippen LogP contribution in [0.3, 0.4) is 0 Å². The number of hydrogen-bond acceptors (Lipinski definition) is 7. The number of urea groups is 1. The molecule has 1 atom stereocenters. The number of thiophene rings is 1. The maximum absolute atomic E-state index is 14.1. The maximum Gasteiger partial charge on any atom is 0.324 e. The molecule has 43 heavy (non-hydrogen) atoms. The molecule has 4 rings (SSSR count). The van der Waals surface area contributed by atoms with E-state index in [1.54, 1.807) is 11.4 Å². The summed E-state index contributed by atoms with van der Waals surface area (Å²) in [4.78, 5) is 42.4. The van der Waals surface area contributed by atoms with Gasteiger partial charge in [0.2, 0.25) is 0 Å². The molecule has 224 valence electrons. The topological polar surface area (TPSA) is 140 Å². The van der Waals surface area contributed by atoms with Crippen LogP contribution in [0, 0.1) is 0 Å². The molecule has 0 saturated heterocycles. The predicted octanol–water partition coefficient (Wildman–Crippen LogP) is 4.51. The first-order chi connectivity index (χ1) is 20.9. The number of nitrogens with one attached hydrogen (secondary N) is 2. The predicted molar refractivity (Wildman–Crippen MR) is 170 cm³/mol. The van der Waals surface area contributed by atoms with Crippen molar-refractivity contribution in [1.29, 1.82) is 0 Å². The Morgan fingerprint density at radius 3 is 2.19 bits per heavy atom. The highest BCUT2D eigenvalue weighted by molar-refractivity contribution is 7.12. The van der Waals surface area contributed by atoms with Gasteiger partial charge in [-0.05, 0) is 59.2 Å². The number of benzene rings is 3. The van der Waals surface area contributed by atoms with Crippen molar-refractivity contribution in [3.8, 4) is 5.75 Å². The van der Waals surface area contributed by atoms with Gasteiger partial charge >= 0.3 is 6.03 Å². The number of ether oxygens (including phenoxy) is 1. The fraction of sp³-hybridized carbons (Fsp3) is 0.242. The first-order valence-corrected chi connectivity index (χ1v) is 15.0. The summed E-state index contributed by atoms with van der Waals surface area (Å²) >= 11 is 1.19. The standard InChI is InChI=1S/C33H37N5O4S/c1-2-42-27-14-12-24(13-15-27)20-29(37-31(39)30-28(35)17-19-43-30)32(40)38(18-16-23-6-4-3-5-7-23)33(41)36-22-26-10-8-25(21-34)9-11-26/h3-15,17,19,29H,2,16,18,20-22,34-35H2,1H3,(H,36,41)(H,37,39)/t29-/m1/s1. The zero-order valence-electron chi connectivity index (χ0n) is 24.1. The van der Waals surface area contributed by atoms with Crippen molar-refractivity contribution in [2.45, 2.75) is 38.9 Å². The Labute approximate surface area is 255 Å². The monoisotopic (exact) mass is 599 g/mol. The van der Waals surface area contributed by atoms with Crippen LogP contribution in [0.2, 0.25) is 0 Å². The number of nitrogen functional groups attached to an aromatic ring is 1. The quantitative estimate of drug-likeness (QED) is 0.178. The smallest absolute Gasteiger partial charge is 0.324 e. The van der Waals surface area contributed by atoms with Gasteiger partial charge in [-0.1, -0.05) is 66.7 Å². The van der Waals surface area contributed by atoms with E-state index in [0.29, 0.717) is 35.9 Å². The summed E-state index contributed by atoms with van der Waals surface area (Å²) in [5.74, 6) is -0.294. The van der Waals surface area contributed by atoms with Gasteiger partial charge in [0.15, 0.2) is 0 Å². The number of anilines is 1. The Morgan fingerprint density at radius 1 is 0.884 bits per heavy atom. The number of carbonyl (C=O) groups is 3. The summed E-state index contributed by atoms with van der Waals surface area (Å²) in [5, 5.41) is 7.43. The lowest BCUT2D eigenvalue weighted by molar-refractivity contribution is -0.130. The Kier molecular flexibility index (Phi) is 11.3. The van der Waals surface area contributed by atoms with Gasteiger partial charge in [-0.15, -0.1) is 11.3 Å². The zero-order chi connectivity index (χ0) is 30.6. The van der Waals surface area contributed by atoms with Crippen LogP contribution in [0.25, 0.3) is 0 Å². The lowest BCUT2D eigenvalue weighted by Crippen LogP contribution is -2.54. The molecule has 6 N–H and O–H groups in total. The molecule has 0 unspecified atom stereocenters. The summed E-state index contributed by atoms with van der Waals surface area (Å²) in [5.41, 5.74) is 15.6. The van der Waals surface area contributed by atoms with Crippen LogP contribution in [0.15, 0.2) is 90.3 Å². The lowest BCUT2D eigenvalue weighted by Gasteiger charge is -2.27. The van der Waals surface area contributed by atoms with Gasteiger partial charge in [0.05, 0.1) is 12.3 Å². The minimum absolute atomic E-state index is 0.123. The van der Waals surface area contributed by atoms with Crippen LogP contribution < -0.4 is 26.8 Å². The number of nitrogens with two attached hydrogens (primary N) is 2. The molecule has 1 heterocycles. The molecule has 0 fully saturated rings. The van der Waals surface area contributed by atoms with Gasteiger partial charge in [0.1, 0.15) is 16.7 Å². The van der Waals surface area contributed by atoms with Crippen LogP contribution in [-0.4, -0.2) is 41.9 Å². The Bertz CT molecular complexity index is 1490. The number of nitrogens with zero attached hydrogens (tertiary/aromatic N) is 1. The molecule has 9 nitrogen and oxygen atoms in total. The largest absolute Gasteiger partial charge is 0.494 e. The van der Waals surface area contributed by atoms with E-state index >= 15 is 0 Å². The van der Waals surface area contributed by atoms with Gasteiger partial charge in [-0.25, -0.2) is 4.79 Å². The highest BCUT2D eigenvalue weighted by atomic mass is 32.1. The van der Waals surface area contributed by atoms with Crippen molar-refractivity contribution >= 4 is 34.9 Å². The number of amides is 4. The van der Waals surface area contributed by atoms with E-state index in [1.165, 1.54) is 16.2 Å². The Hall–Kier alpha value is -4.67. The molecule has 10 heteroatoms. The maximum atomic E-state index is 14.1. The fourth-order valence-corrected chi connectivity index (χ4v) is 5.22. The minimum Gasteiger partial charge on any atom is -0.494 e. The van der Waals surface area contributed by atoms with E-state index in [0.717, 1.165) is 22.3 Å². The average Bonchev–Trinajstić information content (AvgIpc) is 3.47. The number of rotatable bonds is 13. The summed E-state index contributed by atoms with van der Waals surface area (Å²) in [6.45, 7) is 3.20. The van der Waals surface area contributed by atoms with Crippen LogP contribution in [0.1, 0.15) is 38.8 Å². The third-order valence-corrected chi connectivity index (χ3v) is 7.79. The Balaban J connectivity index is 1.58. The second-order valence-electron chi connectivity index (χ2n) is 9.92. The van der Waals surface area contributed by atoms with Gasteiger partial charge in [-0.3, -0.25) is 14.5 Å². The van der Waals surface area contributed by atoms with Crippen molar-refractivity contribution in [3.05, 3.63) is 117 Å². The second kappa shape index (κ2) is 15.5. The molecule has 0 bridgehead atoms. The van der Waals surface area contributed by atoms with Crippen LogP contribution in [0.4, 0.5) is 10.5 Å². The van der Waals surface area contributed by atoms with E-state index in [1.807, 2.05) is 85.8 Å². The third-order valence-electron chi connectivity index (χ3n) is 6.86. The summed E-state index contributed by atoms with van der Waals surface area (Å²) in [6, 6.07) is 24.6. The van der Waals surface area contributed by atoms with E-state index in [9.17, 15) is 14.4 Å². The molecule has 0 aliphatic heterocycles. The number of imide groups is 1. The van der Waals surface area contributed by atoms with Gasteiger partial charge in [-0.2, -0.15) is 0 Å². The average molecular weight is 600 g/mol. The van der Waals surface area contributed by atoms with Crippen molar-refractivity contribution in [3.63, 3.8) is 0 Å². The third kappa shape index (κ3) is 8.91. The van der Waals surface area contributed by atoms with Gasteiger partial charge in [0, 0.05) is 26.1 Å². The summed E-state index contributed by atoms with van der Waals surface area (Å²) in [6.07, 6.45) is 0.616. The van der Waals surface area contributed by atoms with Crippen molar-refractivity contribution in [2.75, 3.05) is 18.9 Å². The molecule has 0 saturated carbocycles. The first kappa shape index (κ1) is 31.3. The molecular formula is C33H37N5O4S. The van der Waals surface area contributed by atoms with Gasteiger partial charge < -0.3 is 26.8 Å². The molecule has 0 aliphatic carbocycles. The van der Waals surface area contributed by atoms with Crippen LogP contribution >= 0.6 is 11.3 Å². The van der Waals surface area contributed by atoms with Crippen molar-refractivity contribution in [1.82, 2.24) is 15.5 Å². The normalized spacial score (nSPS) is 11.4. The van der Waals surface area contributed by atoms with Crippen molar-refractivity contribution < 1.29 is 19.1 Å². The number of hydrogen-bond donors (Lipinski definition) is 4. The number of carbonyl (C=O) groups excluding carboxylic acids is 3. The van der Waals surface area contributed by atoms with E-state index in [2.05, 4.69) is 10.6 Å². The highest BCUT2D eigenvalue weighted by Crippen LogP contribution is 2.20. The summed E-state index contributed by atoms with van der Waals surface area (Å²) in [7, 11) is 0. The molecule has 4 amide bonds. The lowest BCUT2D eigenvalue weighted by atomic mass is 10.0. The molecular weight excluding hydrogens is 562 g/mol. The minimum atomic E-state index is -1.03. The molecule has 3 aromatic carbocycles. The molecule has 4 aromatic rings. The molecule has 0 aliphatic rings. The molecule has 1 aromatic heterocycles. The summed E-state index contributed by atoms with van der Waals surface area (Å²) < 4.78 is 5.54. The van der Waals surface area contributed by atoms with E-state index in [-0.39, 0.29) is 19.5 Å². The molecule has 0 radical (unpaired) electrons. The van der Waals surface area contributed by atoms with E-state index < -0.39 is 23.9 Å². The molecule has 0 spiro atoms. The van der Waals surface area contributed by atoms with Crippen molar-refractivity contribution in [2.24, 2.45) is 5.73 Å². The van der Waals surface area contributed by atoms with Gasteiger partial charge in [0.25, 0.3) is 11.8 Å². The fourth-order valence-electron chi connectivity index (χ4n) is 4.50. The van der Waals surface area contributed by atoms with Crippen LogP contribution in [0.5, 0.6) is 5.75 Å². The SMILES string of the molecule is CCOc1ccc(C[C@@H](NC(=O)c2sccc2N)C(=O)N(CCc2ccccc2)C(=O)NCc2ccc(CN)cc2)cc1. The van der Waals surface area contributed by atoms with Crippen LogP contribution in [-0.2, 0) is 30.7 Å².